The number of carbonyl (C=O) groups is 1. The van der Waals surface area contributed by atoms with E-state index >= 15 is 0 Å². The number of nitrogens with zero attached hydrogens (tertiary/aromatic N) is 2. The molecule has 0 bridgehead atoms. The molecule has 2 aliphatic heterocycles. The van der Waals surface area contributed by atoms with Crippen LogP contribution in [-0.4, -0.2) is 42.4 Å². The summed E-state index contributed by atoms with van der Waals surface area (Å²) in [4.78, 5) is 17.5. The molecular weight excluding hydrogens is 220 g/mol. The van der Waals surface area contributed by atoms with Crippen molar-refractivity contribution in [3.05, 3.63) is 12.0 Å². The largest absolute Gasteiger partial charge is 0.444 e. The minimum absolute atomic E-state index is 0.0275. The third-order valence-electron chi connectivity index (χ3n) is 3.51. The minimum atomic E-state index is -0.303. The van der Waals surface area contributed by atoms with Crippen molar-refractivity contribution in [1.82, 2.24) is 10.2 Å². The average Bonchev–Trinajstić information content (AvgIpc) is 2.68. The molecule has 0 radical (unpaired) electrons. The number of nitrogens with one attached hydrogen (secondary N) is 1. The number of ether oxygens (including phenoxy) is 1. The van der Waals surface area contributed by atoms with Crippen molar-refractivity contribution in [3.63, 3.8) is 0 Å². The van der Waals surface area contributed by atoms with Crippen LogP contribution in [0.3, 0.4) is 0 Å². The summed E-state index contributed by atoms with van der Waals surface area (Å²) in [5.41, 5.74) is 5.75. The summed E-state index contributed by atoms with van der Waals surface area (Å²) in [5, 5.41) is 3.03. The van der Waals surface area contributed by atoms with E-state index in [1.165, 1.54) is 0 Å². The van der Waals surface area contributed by atoms with E-state index in [1.54, 1.807) is 17.3 Å². The normalized spacial score (nSPS) is 36.1. The molecule has 1 unspecified atom stereocenters. The molecule has 1 saturated carbocycles. The number of hydrogen-bond donors (Lipinski definition) is 2. The molecule has 1 atom stereocenters. The number of nitrogens with two attached hydrogens (primary N) is 1. The standard InChI is InChI=1S/C11H16N4O2/c12-8-3-7(4-8)9-6-15(11(16)17-9)10-5-13-1-2-14-10/h2,5,7-9,13H,1,3-4,6,12H2/t7-,8-,9?. The van der Waals surface area contributed by atoms with E-state index in [1.807, 2.05) is 0 Å². The summed E-state index contributed by atoms with van der Waals surface area (Å²) in [7, 11) is 0. The molecule has 17 heavy (non-hydrogen) atoms. The summed E-state index contributed by atoms with van der Waals surface area (Å²) in [5.74, 6) is 1.05. The maximum atomic E-state index is 11.7. The van der Waals surface area contributed by atoms with Crippen LogP contribution in [0, 0.1) is 5.92 Å². The lowest BCUT2D eigenvalue weighted by molar-refractivity contribution is 0.0619. The third kappa shape index (κ3) is 1.88. The van der Waals surface area contributed by atoms with Crippen molar-refractivity contribution in [2.24, 2.45) is 16.6 Å². The van der Waals surface area contributed by atoms with Crippen molar-refractivity contribution in [1.29, 1.82) is 0 Å². The maximum Gasteiger partial charge on any atom is 0.416 e. The monoisotopic (exact) mass is 236 g/mol. The van der Waals surface area contributed by atoms with Crippen LogP contribution in [0.5, 0.6) is 0 Å². The zero-order valence-corrected chi connectivity index (χ0v) is 9.50. The van der Waals surface area contributed by atoms with Crippen LogP contribution >= 0.6 is 0 Å². The lowest BCUT2D eigenvalue weighted by atomic mass is 9.77. The van der Waals surface area contributed by atoms with Crippen molar-refractivity contribution in [3.8, 4) is 0 Å². The van der Waals surface area contributed by atoms with E-state index in [-0.39, 0.29) is 18.2 Å². The zero-order chi connectivity index (χ0) is 11.8. The van der Waals surface area contributed by atoms with Gasteiger partial charge in [-0.2, -0.15) is 0 Å². The number of amides is 1. The van der Waals surface area contributed by atoms with Crippen LogP contribution in [0.4, 0.5) is 4.79 Å². The maximum absolute atomic E-state index is 11.7. The Hall–Kier alpha value is -1.56. The van der Waals surface area contributed by atoms with Gasteiger partial charge in [-0.15, -0.1) is 0 Å². The van der Waals surface area contributed by atoms with Crippen LogP contribution in [0.1, 0.15) is 12.8 Å². The number of hydrogen-bond acceptors (Lipinski definition) is 5. The summed E-state index contributed by atoms with van der Waals surface area (Å²) < 4.78 is 5.37. The van der Waals surface area contributed by atoms with E-state index in [0.717, 1.165) is 12.8 Å². The molecule has 0 aromatic heterocycles. The zero-order valence-electron chi connectivity index (χ0n) is 9.50. The van der Waals surface area contributed by atoms with Crippen LogP contribution in [0.25, 0.3) is 0 Å². The highest BCUT2D eigenvalue weighted by Gasteiger charge is 2.42. The summed E-state index contributed by atoms with van der Waals surface area (Å²) >= 11 is 0. The van der Waals surface area contributed by atoms with Gasteiger partial charge in [-0.1, -0.05) is 0 Å². The lowest BCUT2D eigenvalue weighted by Gasteiger charge is -2.35. The van der Waals surface area contributed by atoms with Crippen molar-refractivity contribution >= 4 is 12.3 Å². The highest BCUT2D eigenvalue weighted by atomic mass is 16.6. The first-order valence-electron chi connectivity index (χ1n) is 5.94. The highest BCUT2D eigenvalue weighted by molar-refractivity contribution is 5.73. The molecule has 0 spiro atoms. The van der Waals surface area contributed by atoms with Crippen molar-refractivity contribution in [2.75, 3.05) is 13.1 Å². The van der Waals surface area contributed by atoms with E-state index in [2.05, 4.69) is 10.3 Å². The first kappa shape index (κ1) is 10.6. The van der Waals surface area contributed by atoms with Crippen LogP contribution in [0.15, 0.2) is 17.0 Å². The lowest BCUT2D eigenvalue weighted by Crippen LogP contribution is -2.43. The van der Waals surface area contributed by atoms with Gasteiger partial charge in [0.05, 0.1) is 6.54 Å². The van der Waals surface area contributed by atoms with Gasteiger partial charge in [-0.05, 0) is 12.8 Å². The van der Waals surface area contributed by atoms with E-state index in [4.69, 9.17) is 10.5 Å². The Labute approximate surface area is 99.5 Å². The molecule has 1 saturated heterocycles. The van der Waals surface area contributed by atoms with Crippen molar-refractivity contribution in [2.45, 2.75) is 25.0 Å². The predicted molar refractivity (Wildman–Crippen MR) is 62.3 cm³/mol. The van der Waals surface area contributed by atoms with Gasteiger partial charge in [-0.25, -0.2) is 9.79 Å². The Morgan fingerprint density at radius 3 is 3.00 bits per heavy atom. The molecule has 92 valence electrons. The van der Waals surface area contributed by atoms with E-state index < -0.39 is 0 Å². The smallest absolute Gasteiger partial charge is 0.416 e. The number of rotatable bonds is 2. The fourth-order valence-electron chi connectivity index (χ4n) is 2.46. The Bertz CT molecular complexity index is 387. The van der Waals surface area contributed by atoms with E-state index in [0.29, 0.717) is 24.8 Å². The molecular formula is C11H16N4O2. The van der Waals surface area contributed by atoms with E-state index in [9.17, 15) is 4.79 Å². The Kier molecular flexibility index (Phi) is 2.51. The highest BCUT2D eigenvalue weighted by Crippen LogP contribution is 2.34. The third-order valence-corrected chi connectivity index (χ3v) is 3.51. The first-order valence-corrected chi connectivity index (χ1v) is 5.94. The minimum Gasteiger partial charge on any atom is -0.444 e. The Morgan fingerprint density at radius 2 is 2.35 bits per heavy atom. The van der Waals surface area contributed by atoms with Crippen LogP contribution in [-0.2, 0) is 4.74 Å². The van der Waals surface area contributed by atoms with Gasteiger partial charge < -0.3 is 15.8 Å². The summed E-state index contributed by atoms with van der Waals surface area (Å²) in [6.45, 7) is 1.29. The van der Waals surface area contributed by atoms with Gasteiger partial charge in [0.15, 0.2) is 5.82 Å². The number of cyclic esters (lactones) is 1. The van der Waals surface area contributed by atoms with Gasteiger partial charge in [0.25, 0.3) is 0 Å². The van der Waals surface area contributed by atoms with Crippen LogP contribution < -0.4 is 11.1 Å². The summed E-state index contributed by atoms with van der Waals surface area (Å²) in [6.07, 6.45) is 5.06. The van der Waals surface area contributed by atoms with Gasteiger partial charge in [0, 0.05) is 30.9 Å². The molecule has 2 fully saturated rings. The second kappa shape index (κ2) is 4.03. The molecule has 0 aromatic carbocycles. The predicted octanol–water partition coefficient (Wildman–Crippen LogP) is 0.0174. The second-order valence-corrected chi connectivity index (χ2v) is 4.75. The second-order valence-electron chi connectivity index (χ2n) is 4.75. The fraction of sp³-hybridized carbons (Fsp3) is 0.636. The van der Waals surface area contributed by atoms with Crippen molar-refractivity contribution < 1.29 is 9.53 Å². The average molecular weight is 236 g/mol. The molecule has 6 heteroatoms. The molecule has 2 heterocycles. The quantitative estimate of drug-likeness (QED) is 0.708. The first-order chi connectivity index (χ1) is 8.24. The molecule has 6 nitrogen and oxygen atoms in total. The van der Waals surface area contributed by atoms with Gasteiger partial charge in [0.1, 0.15) is 6.10 Å². The molecule has 1 amide bonds. The fourth-order valence-corrected chi connectivity index (χ4v) is 2.46. The van der Waals surface area contributed by atoms with Gasteiger partial charge >= 0.3 is 6.09 Å². The Balaban J connectivity index is 1.65. The molecule has 3 aliphatic rings. The van der Waals surface area contributed by atoms with Gasteiger partial charge in [0.2, 0.25) is 0 Å². The molecule has 3 rings (SSSR count). The Morgan fingerprint density at radius 1 is 1.53 bits per heavy atom. The van der Waals surface area contributed by atoms with Crippen LogP contribution in [0.2, 0.25) is 0 Å². The molecule has 1 aliphatic carbocycles. The topological polar surface area (TPSA) is 80.0 Å². The number of aliphatic imine (C=N–C) groups is 1. The van der Waals surface area contributed by atoms with Gasteiger partial charge in [-0.3, -0.25) is 4.90 Å². The molecule has 3 N–H and O–H groups in total. The SMILES string of the molecule is N[C@H]1C[C@H](C2CN(C3=CNCC=N3)C(=O)O2)C1. The molecule has 0 aromatic rings. The summed E-state index contributed by atoms with van der Waals surface area (Å²) in [6, 6.07) is 0.279. The number of carbonyl (C=O) groups excluding carboxylic acids is 1.